The van der Waals surface area contributed by atoms with Crippen molar-refractivity contribution in [3.05, 3.63) is 65.7 Å². The minimum Gasteiger partial charge on any atom is -0.350 e. The lowest BCUT2D eigenvalue weighted by atomic mass is 10.1. The quantitative estimate of drug-likeness (QED) is 0.789. The Morgan fingerprint density at radius 2 is 1.76 bits per heavy atom. The molecule has 0 saturated carbocycles. The van der Waals surface area contributed by atoms with Crippen LogP contribution in [-0.2, 0) is 14.8 Å². The van der Waals surface area contributed by atoms with Gasteiger partial charge in [0.25, 0.3) is 0 Å². The molecule has 5 nitrogen and oxygen atoms in total. The molecule has 0 radical (unpaired) electrons. The molecule has 2 aromatic carbocycles. The summed E-state index contributed by atoms with van der Waals surface area (Å²) in [7, 11) is -3.67. The topological polar surface area (TPSA) is 75.3 Å². The lowest BCUT2D eigenvalue weighted by Gasteiger charge is -2.15. The van der Waals surface area contributed by atoms with Crippen LogP contribution in [0.1, 0.15) is 24.9 Å². The normalized spacial score (nSPS) is 12.6. The molecule has 0 bridgehead atoms. The highest BCUT2D eigenvalue weighted by Gasteiger charge is 2.15. The van der Waals surface area contributed by atoms with E-state index < -0.39 is 33.6 Å². The molecule has 0 saturated heterocycles. The summed E-state index contributed by atoms with van der Waals surface area (Å²) in [5.41, 5.74) is 0.414. The van der Waals surface area contributed by atoms with Gasteiger partial charge in [0, 0.05) is 13.0 Å². The first kappa shape index (κ1) is 19.0. The van der Waals surface area contributed by atoms with Crippen LogP contribution >= 0.6 is 0 Å². The van der Waals surface area contributed by atoms with Crippen molar-refractivity contribution in [2.45, 2.75) is 24.3 Å². The summed E-state index contributed by atoms with van der Waals surface area (Å²) in [4.78, 5) is 12.0. The van der Waals surface area contributed by atoms with Crippen LogP contribution in [0.15, 0.2) is 53.4 Å². The minimum absolute atomic E-state index is 0.0758. The first-order valence-corrected chi connectivity index (χ1v) is 9.07. The van der Waals surface area contributed by atoms with Gasteiger partial charge in [-0.25, -0.2) is 21.9 Å². The summed E-state index contributed by atoms with van der Waals surface area (Å²) in [6.07, 6.45) is -0.0833. The number of halogens is 2. The van der Waals surface area contributed by atoms with E-state index in [1.165, 1.54) is 18.2 Å². The van der Waals surface area contributed by atoms with E-state index in [1.54, 1.807) is 25.1 Å². The zero-order valence-electron chi connectivity index (χ0n) is 13.5. The Morgan fingerprint density at radius 3 is 2.40 bits per heavy atom. The lowest BCUT2D eigenvalue weighted by Crippen LogP contribution is -2.32. The fraction of sp³-hybridized carbons (Fsp3) is 0.235. The molecule has 0 aliphatic carbocycles. The molecule has 0 aliphatic rings. The zero-order chi connectivity index (χ0) is 18.4. The number of nitrogens with one attached hydrogen (secondary N) is 2. The second-order valence-electron chi connectivity index (χ2n) is 5.42. The highest BCUT2D eigenvalue weighted by molar-refractivity contribution is 7.89. The Kier molecular flexibility index (Phi) is 6.22. The molecule has 1 amide bonds. The predicted octanol–water partition coefficient (Wildman–Crippen LogP) is 2.51. The smallest absolute Gasteiger partial charge is 0.240 e. The molecule has 0 aliphatic heterocycles. The Morgan fingerprint density at radius 1 is 1.08 bits per heavy atom. The van der Waals surface area contributed by atoms with E-state index >= 15 is 0 Å². The number of sulfonamides is 1. The van der Waals surface area contributed by atoms with Crippen molar-refractivity contribution in [1.29, 1.82) is 0 Å². The van der Waals surface area contributed by atoms with E-state index in [0.29, 0.717) is 5.56 Å². The second kappa shape index (κ2) is 8.17. The van der Waals surface area contributed by atoms with E-state index in [1.807, 2.05) is 0 Å². The van der Waals surface area contributed by atoms with Crippen LogP contribution in [0.5, 0.6) is 0 Å². The number of hydrogen-bond donors (Lipinski definition) is 2. The average Bonchev–Trinajstić information content (AvgIpc) is 2.58. The Balaban J connectivity index is 1.85. The van der Waals surface area contributed by atoms with Crippen LogP contribution in [0.2, 0.25) is 0 Å². The fourth-order valence-electron chi connectivity index (χ4n) is 2.16. The average molecular weight is 368 g/mol. The van der Waals surface area contributed by atoms with Crippen LogP contribution in [0.25, 0.3) is 0 Å². The molecule has 2 aromatic rings. The van der Waals surface area contributed by atoms with E-state index in [9.17, 15) is 22.0 Å². The molecule has 2 rings (SSSR count). The van der Waals surface area contributed by atoms with Crippen molar-refractivity contribution >= 4 is 15.9 Å². The molecule has 8 heteroatoms. The minimum atomic E-state index is -3.67. The maximum absolute atomic E-state index is 13.2. The Labute approximate surface area is 145 Å². The predicted molar refractivity (Wildman–Crippen MR) is 89.2 cm³/mol. The summed E-state index contributed by atoms with van der Waals surface area (Å²) in [5, 5.41) is 2.61. The third-order valence-corrected chi connectivity index (χ3v) is 5.00. The van der Waals surface area contributed by atoms with Gasteiger partial charge < -0.3 is 5.32 Å². The van der Waals surface area contributed by atoms with E-state index in [-0.39, 0.29) is 17.9 Å². The largest absolute Gasteiger partial charge is 0.350 e. The number of benzene rings is 2. The number of carbonyl (C=O) groups is 1. The Bertz CT molecular complexity index is 842. The SMILES string of the molecule is CC(NC(=O)CCNS(=O)(=O)c1ccccc1)c1ccc(F)c(F)c1. The third kappa shape index (κ3) is 5.33. The third-order valence-electron chi connectivity index (χ3n) is 3.52. The molecule has 1 atom stereocenters. The van der Waals surface area contributed by atoms with Gasteiger partial charge in [0.2, 0.25) is 15.9 Å². The molecule has 0 fully saturated rings. The van der Waals surface area contributed by atoms with Crippen molar-refractivity contribution in [2.75, 3.05) is 6.54 Å². The van der Waals surface area contributed by atoms with Gasteiger partial charge in [-0.05, 0) is 36.8 Å². The summed E-state index contributed by atoms with van der Waals surface area (Å²) in [5.74, 6) is -2.36. The highest BCUT2D eigenvalue weighted by Crippen LogP contribution is 2.16. The van der Waals surface area contributed by atoms with E-state index in [0.717, 1.165) is 12.1 Å². The van der Waals surface area contributed by atoms with Gasteiger partial charge in [0.05, 0.1) is 10.9 Å². The number of hydrogen-bond acceptors (Lipinski definition) is 3. The van der Waals surface area contributed by atoms with Gasteiger partial charge >= 0.3 is 0 Å². The molecule has 0 heterocycles. The molecule has 0 aromatic heterocycles. The zero-order valence-corrected chi connectivity index (χ0v) is 14.3. The maximum Gasteiger partial charge on any atom is 0.240 e. The van der Waals surface area contributed by atoms with Crippen LogP contribution in [0.4, 0.5) is 8.78 Å². The molecular formula is C17H18F2N2O3S. The standard InChI is InChI=1S/C17H18F2N2O3S/c1-12(13-7-8-15(18)16(19)11-13)21-17(22)9-10-20-25(23,24)14-5-3-2-4-6-14/h2-8,11-12,20H,9-10H2,1H3,(H,21,22). The summed E-state index contributed by atoms with van der Waals surface area (Å²) < 4.78 is 52.5. The summed E-state index contributed by atoms with van der Waals surface area (Å²) in [6, 6.07) is 10.7. The number of rotatable bonds is 7. The van der Waals surface area contributed by atoms with Crippen molar-refractivity contribution in [1.82, 2.24) is 10.0 Å². The lowest BCUT2D eigenvalue weighted by molar-refractivity contribution is -0.121. The van der Waals surface area contributed by atoms with Gasteiger partial charge in [0.15, 0.2) is 11.6 Å². The van der Waals surface area contributed by atoms with Gasteiger partial charge in [-0.15, -0.1) is 0 Å². The van der Waals surface area contributed by atoms with Crippen LogP contribution in [-0.4, -0.2) is 20.9 Å². The first-order chi connectivity index (χ1) is 11.8. The monoisotopic (exact) mass is 368 g/mol. The molecule has 1 unspecified atom stereocenters. The second-order valence-corrected chi connectivity index (χ2v) is 7.19. The van der Waals surface area contributed by atoms with Crippen LogP contribution < -0.4 is 10.0 Å². The Hall–Kier alpha value is -2.32. The maximum atomic E-state index is 13.2. The molecular weight excluding hydrogens is 350 g/mol. The summed E-state index contributed by atoms with van der Waals surface area (Å²) >= 11 is 0. The number of carbonyl (C=O) groups excluding carboxylic acids is 1. The van der Waals surface area contributed by atoms with Gasteiger partial charge in [-0.3, -0.25) is 4.79 Å². The van der Waals surface area contributed by atoms with Crippen LogP contribution in [0.3, 0.4) is 0 Å². The van der Waals surface area contributed by atoms with Crippen LogP contribution in [0, 0.1) is 11.6 Å². The first-order valence-electron chi connectivity index (χ1n) is 7.58. The van der Waals surface area contributed by atoms with Gasteiger partial charge in [-0.1, -0.05) is 24.3 Å². The number of amides is 1. The highest BCUT2D eigenvalue weighted by atomic mass is 32.2. The van der Waals surface area contributed by atoms with Crippen molar-refractivity contribution in [3.63, 3.8) is 0 Å². The van der Waals surface area contributed by atoms with Gasteiger partial charge in [-0.2, -0.15) is 0 Å². The van der Waals surface area contributed by atoms with Crippen molar-refractivity contribution in [2.24, 2.45) is 0 Å². The van der Waals surface area contributed by atoms with E-state index in [4.69, 9.17) is 0 Å². The fourth-order valence-corrected chi connectivity index (χ4v) is 3.21. The van der Waals surface area contributed by atoms with Crippen molar-refractivity contribution < 1.29 is 22.0 Å². The molecule has 2 N–H and O–H groups in total. The van der Waals surface area contributed by atoms with E-state index in [2.05, 4.69) is 10.0 Å². The summed E-state index contributed by atoms with van der Waals surface area (Å²) in [6.45, 7) is 1.55. The van der Waals surface area contributed by atoms with Gasteiger partial charge in [0.1, 0.15) is 0 Å². The molecule has 0 spiro atoms. The molecule has 25 heavy (non-hydrogen) atoms. The van der Waals surface area contributed by atoms with Crippen molar-refractivity contribution in [3.8, 4) is 0 Å². The molecule has 134 valence electrons.